The molecule has 2 rings (SSSR count). The molecule has 0 aliphatic carbocycles. The maximum atomic E-state index is 11.6. The number of halogens is 1. The van der Waals surface area contributed by atoms with Crippen LogP contribution in [0.5, 0.6) is 0 Å². The van der Waals surface area contributed by atoms with Crippen LogP contribution in [0.15, 0.2) is 18.2 Å². The predicted octanol–water partition coefficient (Wildman–Crippen LogP) is 3.17. The number of aryl methyl sites for hydroxylation is 2. The fourth-order valence-electron chi connectivity index (χ4n) is 2.29. The number of imidazole rings is 1. The Labute approximate surface area is 124 Å². The van der Waals surface area contributed by atoms with Crippen molar-refractivity contribution >= 4 is 28.5 Å². The fraction of sp³-hybridized carbons (Fsp3) is 0.467. The van der Waals surface area contributed by atoms with Crippen LogP contribution in [-0.2, 0) is 11.3 Å². The molecule has 1 unspecified atom stereocenters. The second kappa shape index (κ2) is 6.27. The van der Waals surface area contributed by atoms with Crippen molar-refractivity contribution < 1.29 is 4.79 Å². The van der Waals surface area contributed by atoms with Crippen LogP contribution in [0.1, 0.15) is 37.0 Å². The van der Waals surface area contributed by atoms with E-state index in [1.165, 1.54) is 5.56 Å². The molecule has 20 heavy (non-hydrogen) atoms. The predicted molar refractivity (Wildman–Crippen MR) is 82.0 cm³/mol. The Morgan fingerprint density at radius 1 is 1.50 bits per heavy atom. The normalized spacial score (nSPS) is 12.6. The molecule has 1 amide bonds. The van der Waals surface area contributed by atoms with Crippen LogP contribution in [0, 0.1) is 6.92 Å². The van der Waals surface area contributed by atoms with Crippen LogP contribution < -0.4 is 5.32 Å². The van der Waals surface area contributed by atoms with E-state index >= 15 is 0 Å². The highest BCUT2D eigenvalue weighted by Crippen LogP contribution is 2.25. The molecular weight excluding hydrogens is 274 g/mol. The standard InChI is InChI=1S/C15H20ClN3O/c1-4-17-14(20)7-8-19-13-9-10(2)5-6-12(13)18-15(19)11(3)16/h5-6,9,11H,4,7-8H2,1-3H3,(H,17,20). The van der Waals surface area contributed by atoms with Crippen LogP contribution in [-0.4, -0.2) is 22.0 Å². The van der Waals surface area contributed by atoms with Gasteiger partial charge in [-0.05, 0) is 38.5 Å². The van der Waals surface area contributed by atoms with E-state index in [-0.39, 0.29) is 11.3 Å². The molecule has 0 aliphatic heterocycles. The van der Waals surface area contributed by atoms with Crippen LogP contribution in [0.2, 0.25) is 0 Å². The summed E-state index contributed by atoms with van der Waals surface area (Å²) >= 11 is 6.21. The molecule has 0 spiro atoms. The van der Waals surface area contributed by atoms with Gasteiger partial charge in [-0.15, -0.1) is 11.6 Å². The van der Waals surface area contributed by atoms with Crippen LogP contribution in [0.4, 0.5) is 0 Å². The van der Waals surface area contributed by atoms with Gasteiger partial charge in [-0.25, -0.2) is 4.98 Å². The van der Waals surface area contributed by atoms with Gasteiger partial charge in [0.25, 0.3) is 0 Å². The number of nitrogens with zero attached hydrogens (tertiary/aromatic N) is 2. The molecule has 0 saturated heterocycles. The summed E-state index contributed by atoms with van der Waals surface area (Å²) in [7, 11) is 0. The minimum Gasteiger partial charge on any atom is -0.356 e. The summed E-state index contributed by atoms with van der Waals surface area (Å²) in [6.07, 6.45) is 0.434. The maximum Gasteiger partial charge on any atom is 0.221 e. The number of hydrogen-bond donors (Lipinski definition) is 1. The van der Waals surface area contributed by atoms with Crippen molar-refractivity contribution in [2.24, 2.45) is 0 Å². The van der Waals surface area contributed by atoms with Gasteiger partial charge in [0, 0.05) is 19.5 Å². The van der Waals surface area contributed by atoms with Gasteiger partial charge in [-0.3, -0.25) is 4.79 Å². The summed E-state index contributed by atoms with van der Waals surface area (Å²) in [6, 6.07) is 6.12. The molecular formula is C15H20ClN3O. The van der Waals surface area contributed by atoms with Gasteiger partial charge in [-0.2, -0.15) is 0 Å². The third kappa shape index (κ3) is 3.12. The summed E-state index contributed by atoms with van der Waals surface area (Å²) in [5, 5.41) is 2.63. The number of carbonyl (C=O) groups is 1. The minimum absolute atomic E-state index is 0.0511. The molecule has 5 heteroatoms. The van der Waals surface area contributed by atoms with Crippen molar-refractivity contribution in [3.05, 3.63) is 29.6 Å². The Morgan fingerprint density at radius 3 is 2.90 bits per heavy atom. The molecule has 0 saturated carbocycles. The van der Waals surface area contributed by atoms with E-state index in [2.05, 4.69) is 20.9 Å². The number of nitrogens with one attached hydrogen (secondary N) is 1. The molecule has 108 valence electrons. The van der Waals surface area contributed by atoms with E-state index in [0.29, 0.717) is 19.5 Å². The first kappa shape index (κ1) is 14.9. The highest BCUT2D eigenvalue weighted by Gasteiger charge is 2.15. The number of aromatic nitrogens is 2. The average molecular weight is 294 g/mol. The lowest BCUT2D eigenvalue weighted by molar-refractivity contribution is -0.121. The molecule has 0 aliphatic rings. The molecule has 1 aromatic heterocycles. The third-order valence-corrected chi connectivity index (χ3v) is 3.42. The zero-order valence-electron chi connectivity index (χ0n) is 12.1. The van der Waals surface area contributed by atoms with Crippen molar-refractivity contribution in [2.45, 2.75) is 39.1 Å². The average Bonchev–Trinajstić information content (AvgIpc) is 2.75. The van der Waals surface area contributed by atoms with Gasteiger partial charge in [0.2, 0.25) is 5.91 Å². The topological polar surface area (TPSA) is 46.9 Å². The molecule has 1 N–H and O–H groups in total. The molecule has 2 aromatic rings. The Balaban J connectivity index is 2.35. The zero-order valence-corrected chi connectivity index (χ0v) is 12.9. The summed E-state index contributed by atoms with van der Waals surface area (Å²) in [6.45, 7) is 7.11. The van der Waals surface area contributed by atoms with Crippen LogP contribution in [0.25, 0.3) is 11.0 Å². The highest BCUT2D eigenvalue weighted by atomic mass is 35.5. The quantitative estimate of drug-likeness (QED) is 0.861. The van der Waals surface area contributed by atoms with Gasteiger partial charge in [0.05, 0.1) is 16.4 Å². The molecule has 1 heterocycles. The lowest BCUT2D eigenvalue weighted by Gasteiger charge is -2.10. The van der Waals surface area contributed by atoms with Crippen molar-refractivity contribution in [1.29, 1.82) is 0 Å². The van der Waals surface area contributed by atoms with E-state index < -0.39 is 0 Å². The molecule has 0 radical (unpaired) electrons. The van der Waals surface area contributed by atoms with Crippen molar-refractivity contribution in [1.82, 2.24) is 14.9 Å². The van der Waals surface area contributed by atoms with Gasteiger partial charge < -0.3 is 9.88 Å². The lowest BCUT2D eigenvalue weighted by atomic mass is 10.2. The number of fused-ring (bicyclic) bond motifs is 1. The number of hydrogen-bond acceptors (Lipinski definition) is 2. The second-order valence-corrected chi connectivity index (χ2v) is 5.59. The first-order chi connectivity index (χ1) is 9.52. The van der Waals surface area contributed by atoms with Crippen LogP contribution in [0.3, 0.4) is 0 Å². The van der Waals surface area contributed by atoms with Gasteiger partial charge >= 0.3 is 0 Å². The lowest BCUT2D eigenvalue weighted by Crippen LogP contribution is -2.24. The van der Waals surface area contributed by atoms with E-state index in [1.54, 1.807) is 0 Å². The number of alkyl halides is 1. The van der Waals surface area contributed by atoms with E-state index in [1.807, 2.05) is 32.9 Å². The Hall–Kier alpha value is -1.55. The van der Waals surface area contributed by atoms with Crippen molar-refractivity contribution in [3.63, 3.8) is 0 Å². The molecule has 1 aromatic carbocycles. The van der Waals surface area contributed by atoms with E-state index in [0.717, 1.165) is 16.9 Å². The molecule has 1 atom stereocenters. The number of carbonyl (C=O) groups excluding carboxylic acids is 1. The second-order valence-electron chi connectivity index (χ2n) is 4.93. The third-order valence-electron chi connectivity index (χ3n) is 3.23. The monoisotopic (exact) mass is 293 g/mol. The van der Waals surface area contributed by atoms with Gasteiger partial charge in [-0.1, -0.05) is 6.07 Å². The van der Waals surface area contributed by atoms with Crippen molar-refractivity contribution in [2.75, 3.05) is 6.54 Å². The smallest absolute Gasteiger partial charge is 0.221 e. The van der Waals surface area contributed by atoms with Crippen LogP contribution >= 0.6 is 11.6 Å². The van der Waals surface area contributed by atoms with Gasteiger partial charge in [0.15, 0.2) is 0 Å². The summed E-state index contributed by atoms with van der Waals surface area (Å²) in [5.74, 6) is 0.867. The Morgan fingerprint density at radius 2 is 2.25 bits per heavy atom. The Kier molecular flexibility index (Phi) is 4.65. The first-order valence-corrected chi connectivity index (χ1v) is 7.34. The number of benzene rings is 1. The summed E-state index contributed by atoms with van der Waals surface area (Å²) in [5.41, 5.74) is 3.14. The number of rotatable bonds is 5. The highest BCUT2D eigenvalue weighted by molar-refractivity contribution is 6.20. The maximum absolute atomic E-state index is 11.6. The Bertz CT molecular complexity index is 619. The first-order valence-electron chi connectivity index (χ1n) is 6.90. The minimum atomic E-state index is -0.183. The summed E-state index contributed by atoms with van der Waals surface area (Å²) in [4.78, 5) is 16.2. The van der Waals surface area contributed by atoms with Crippen molar-refractivity contribution in [3.8, 4) is 0 Å². The molecule has 4 nitrogen and oxygen atoms in total. The number of amides is 1. The zero-order chi connectivity index (χ0) is 14.7. The van der Waals surface area contributed by atoms with E-state index in [9.17, 15) is 4.79 Å². The van der Waals surface area contributed by atoms with Gasteiger partial charge in [0.1, 0.15) is 5.82 Å². The molecule has 0 fully saturated rings. The summed E-state index contributed by atoms with van der Waals surface area (Å²) < 4.78 is 2.05. The largest absolute Gasteiger partial charge is 0.356 e. The molecule has 0 bridgehead atoms. The SMILES string of the molecule is CCNC(=O)CCn1c(C(C)Cl)nc2ccc(C)cc21. The fourth-order valence-corrected chi connectivity index (χ4v) is 2.46. The van der Waals surface area contributed by atoms with E-state index in [4.69, 9.17) is 11.6 Å².